The van der Waals surface area contributed by atoms with Gasteiger partial charge in [-0.05, 0) is 29.7 Å². The Morgan fingerprint density at radius 2 is 1.92 bits per heavy atom. The average Bonchev–Trinajstić information content (AvgIpc) is 2.67. The Kier molecular flexibility index (Phi) is 5.89. The fourth-order valence-electron chi connectivity index (χ4n) is 3.47. The van der Waals surface area contributed by atoms with Crippen LogP contribution in [0.4, 0.5) is 0 Å². The van der Waals surface area contributed by atoms with Crippen LogP contribution in [0, 0.1) is 0 Å². The Bertz CT molecular complexity index is 763. The molecular formula is C21H22BrNO3. The zero-order chi connectivity index (χ0) is 18.6. The molecule has 3 rings (SSSR count). The summed E-state index contributed by atoms with van der Waals surface area (Å²) in [7, 11) is 0. The number of nitrogens with one attached hydrogen (secondary N) is 1. The minimum atomic E-state index is -0.796. The largest absolute Gasteiger partial charge is 0.452 e. The zero-order valence-corrected chi connectivity index (χ0v) is 16.2. The highest BCUT2D eigenvalue weighted by Gasteiger charge is 2.44. The molecule has 2 aromatic rings. The molecule has 3 atom stereocenters. The molecule has 1 heterocycles. The molecule has 0 spiro atoms. The van der Waals surface area contributed by atoms with Crippen LogP contribution in [0.5, 0.6) is 0 Å². The predicted octanol–water partition coefficient (Wildman–Crippen LogP) is 3.94. The van der Waals surface area contributed by atoms with Crippen molar-refractivity contribution >= 4 is 28.2 Å². The van der Waals surface area contributed by atoms with Gasteiger partial charge in [0.15, 0.2) is 0 Å². The lowest BCUT2D eigenvalue weighted by atomic mass is 9.85. The first-order valence-electron chi connectivity index (χ1n) is 8.76. The Balaban J connectivity index is 1.81. The van der Waals surface area contributed by atoms with Gasteiger partial charge in [0, 0.05) is 23.4 Å². The van der Waals surface area contributed by atoms with E-state index in [2.05, 4.69) is 21.2 Å². The van der Waals surface area contributed by atoms with Crippen molar-refractivity contribution in [1.82, 2.24) is 5.32 Å². The highest BCUT2D eigenvalue weighted by molar-refractivity contribution is 9.10. The van der Waals surface area contributed by atoms with E-state index in [-0.39, 0.29) is 11.9 Å². The molecule has 1 saturated heterocycles. The second-order valence-electron chi connectivity index (χ2n) is 6.69. The molecule has 0 aliphatic carbocycles. The van der Waals surface area contributed by atoms with Crippen molar-refractivity contribution in [3.05, 3.63) is 70.2 Å². The minimum absolute atomic E-state index is 0.0181. The Labute approximate surface area is 162 Å². The van der Waals surface area contributed by atoms with Crippen LogP contribution in [-0.4, -0.2) is 24.8 Å². The van der Waals surface area contributed by atoms with Gasteiger partial charge in [0.25, 0.3) is 0 Å². The third-order valence-corrected chi connectivity index (χ3v) is 5.55. The molecule has 1 aliphatic heterocycles. The number of rotatable bonds is 6. The Morgan fingerprint density at radius 1 is 1.23 bits per heavy atom. The van der Waals surface area contributed by atoms with Crippen molar-refractivity contribution in [3.63, 3.8) is 0 Å². The van der Waals surface area contributed by atoms with Gasteiger partial charge in [0.1, 0.15) is 17.9 Å². The minimum Gasteiger partial charge on any atom is -0.452 e. The van der Waals surface area contributed by atoms with Gasteiger partial charge >= 0.3 is 5.97 Å². The maximum atomic E-state index is 12.8. The molecule has 0 amide bonds. The highest BCUT2D eigenvalue weighted by Crippen LogP contribution is 2.35. The number of ether oxygens (including phenoxy) is 1. The van der Waals surface area contributed by atoms with Gasteiger partial charge in [0.05, 0.1) is 0 Å². The Hall–Kier alpha value is -1.98. The first kappa shape index (κ1) is 18.8. The molecule has 4 nitrogen and oxygen atoms in total. The maximum absolute atomic E-state index is 12.8. The van der Waals surface area contributed by atoms with Crippen LogP contribution in [0.1, 0.15) is 36.8 Å². The normalized spacial score (nSPS) is 23.9. The number of carbonyl (C=O) groups excluding carboxylic acids is 2. The van der Waals surface area contributed by atoms with Crippen molar-refractivity contribution in [2.75, 3.05) is 6.54 Å². The zero-order valence-electron chi connectivity index (χ0n) is 14.7. The summed E-state index contributed by atoms with van der Waals surface area (Å²) in [4.78, 5) is 23.8. The van der Waals surface area contributed by atoms with Gasteiger partial charge in [-0.15, -0.1) is 0 Å². The van der Waals surface area contributed by atoms with Gasteiger partial charge in [-0.3, -0.25) is 10.1 Å². The van der Waals surface area contributed by atoms with Gasteiger partial charge in [-0.1, -0.05) is 65.3 Å². The second-order valence-corrected chi connectivity index (χ2v) is 7.60. The van der Waals surface area contributed by atoms with Crippen LogP contribution in [0.3, 0.4) is 0 Å². The Morgan fingerprint density at radius 3 is 2.54 bits per heavy atom. The molecule has 0 aromatic heterocycles. The molecule has 0 radical (unpaired) electrons. The molecule has 136 valence electrons. The lowest BCUT2D eigenvalue weighted by Crippen LogP contribution is -2.57. The molecule has 26 heavy (non-hydrogen) atoms. The summed E-state index contributed by atoms with van der Waals surface area (Å²) in [5.74, 6) is -0.295. The summed E-state index contributed by atoms with van der Waals surface area (Å²) < 4.78 is 6.98. The van der Waals surface area contributed by atoms with Gasteiger partial charge in [-0.25, -0.2) is 0 Å². The molecule has 0 saturated carbocycles. The third kappa shape index (κ3) is 3.89. The molecule has 2 unspecified atom stereocenters. The summed E-state index contributed by atoms with van der Waals surface area (Å²) in [5, 5.41) is 3.38. The molecule has 5 heteroatoms. The van der Waals surface area contributed by atoms with Crippen molar-refractivity contribution in [3.8, 4) is 0 Å². The summed E-state index contributed by atoms with van der Waals surface area (Å²) in [5.41, 5.74) is 1.19. The molecular weight excluding hydrogens is 394 g/mol. The standard InChI is InChI=1S/C21H22BrNO3/c1-15(16-8-10-18(22)11-9-16)19-20(25)26-21(14-23-19,12-5-13-24)17-6-3-2-4-7-17/h2-4,6-11,13,15,19,23H,5,12,14H2,1H3/t15-,19?,21?/m0/s1. The third-order valence-electron chi connectivity index (χ3n) is 5.02. The first-order valence-corrected chi connectivity index (χ1v) is 9.56. The predicted molar refractivity (Wildman–Crippen MR) is 104 cm³/mol. The average molecular weight is 416 g/mol. The second kappa shape index (κ2) is 8.14. The van der Waals surface area contributed by atoms with E-state index in [1.807, 2.05) is 61.5 Å². The van der Waals surface area contributed by atoms with Crippen LogP contribution < -0.4 is 5.32 Å². The van der Waals surface area contributed by atoms with Crippen LogP contribution >= 0.6 is 15.9 Å². The van der Waals surface area contributed by atoms with Gasteiger partial charge in [-0.2, -0.15) is 0 Å². The van der Waals surface area contributed by atoms with Crippen molar-refractivity contribution in [1.29, 1.82) is 0 Å². The van der Waals surface area contributed by atoms with Gasteiger partial charge < -0.3 is 9.53 Å². The van der Waals surface area contributed by atoms with E-state index in [1.54, 1.807) is 0 Å². The van der Waals surface area contributed by atoms with Crippen LogP contribution in [-0.2, 0) is 19.9 Å². The number of cyclic esters (lactones) is 1. The smallest absolute Gasteiger partial charge is 0.324 e. The highest BCUT2D eigenvalue weighted by atomic mass is 79.9. The fraction of sp³-hybridized carbons (Fsp3) is 0.333. The monoisotopic (exact) mass is 415 g/mol. The van der Waals surface area contributed by atoms with E-state index in [1.165, 1.54) is 0 Å². The summed E-state index contributed by atoms with van der Waals surface area (Å²) in [6, 6.07) is 17.2. The number of carbonyl (C=O) groups is 2. The van der Waals surface area contributed by atoms with Gasteiger partial charge in [0.2, 0.25) is 0 Å². The topological polar surface area (TPSA) is 55.4 Å². The number of morpholine rings is 1. The molecule has 0 bridgehead atoms. The summed E-state index contributed by atoms with van der Waals surface area (Å²) >= 11 is 3.43. The fourth-order valence-corrected chi connectivity index (χ4v) is 3.73. The van der Waals surface area contributed by atoms with Crippen molar-refractivity contribution in [2.45, 2.75) is 37.3 Å². The maximum Gasteiger partial charge on any atom is 0.324 e. The lowest BCUT2D eigenvalue weighted by Gasteiger charge is -2.42. The van der Waals surface area contributed by atoms with Crippen LogP contribution in [0.15, 0.2) is 59.1 Å². The van der Waals surface area contributed by atoms with E-state index in [0.29, 0.717) is 19.4 Å². The molecule has 2 aromatic carbocycles. The first-order chi connectivity index (χ1) is 12.6. The van der Waals surface area contributed by atoms with E-state index in [9.17, 15) is 9.59 Å². The lowest BCUT2D eigenvalue weighted by molar-refractivity contribution is -0.173. The number of aldehydes is 1. The van der Waals surface area contributed by atoms with E-state index >= 15 is 0 Å². The molecule has 1 aliphatic rings. The SMILES string of the molecule is C[C@@H](c1ccc(Br)cc1)C1NCC(CCC=O)(c2ccccc2)OC1=O. The number of benzene rings is 2. The van der Waals surface area contributed by atoms with E-state index in [0.717, 1.165) is 21.9 Å². The van der Waals surface area contributed by atoms with E-state index in [4.69, 9.17) is 4.74 Å². The van der Waals surface area contributed by atoms with E-state index < -0.39 is 11.6 Å². The van der Waals surface area contributed by atoms with Crippen molar-refractivity contribution in [2.24, 2.45) is 0 Å². The molecule has 1 N–H and O–H groups in total. The summed E-state index contributed by atoms with van der Waals surface area (Å²) in [6.45, 7) is 2.51. The van der Waals surface area contributed by atoms with Crippen LogP contribution in [0.2, 0.25) is 0 Å². The van der Waals surface area contributed by atoms with Crippen molar-refractivity contribution < 1.29 is 14.3 Å². The quantitative estimate of drug-likeness (QED) is 0.573. The van der Waals surface area contributed by atoms with Crippen LogP contribution in [0.25, 0.3) is 0 Å². The number of halogens is 1. The molecule has 1 fully saturated rings. The summed E-state index contributed by atoms with van der Waals surface area (Å²) in [6.07, 6.45) is 1.69. The number of esters is 1. The number of hydrogen-bond donors (Lipinski definition) is 1. The number of hydrogen-bond acceptors (Lipinski definition) is 4.